The number of aryl methyl sites for hydroxylation is 1. The first-order valence-corrected chi connectivity index (χ1v) is 10.4. The van der Waals surface area contributed by atoms with Gasteiger partial charge in [0.05, 0.1) is 4.90 Å². The normalized spacial score (nSPS) is 12.0. The van der Waals surface area contributed by atoms with Gasteiger partial charge in [0.25, 0.3) is 0 Å². The van der Waals surface area contributed by atoms with Crippen LogP contribution in [-0.4, -0.2) is 26.3 Å². The zero-order valence-corrected chi connectivity index (χ0v) is 16.4. The van der Waals surface area contributed by atoms with Gasteiger partial charge in [0, 0.05) is 28.6 Å². The van der Waals surface area contributed by atoms with E-state index in [0.717, 1.165) is 6.26 Å². The maximum absolute atomic E-state index is 14.1. The molecule has 1 heterocycles. The van der Waals surface area contributed by atoms with Gasteiger partial charge in [-0.1, -0.05) is 29.8 Å². The molecule has 9 heteroatoms. The third-order valence-corrected chi connectivity index (χ3v) is 5.80. The average molecular weight is 430 g/mol. The fourth-order valence-electron chi connectivity index (χ4n) is 2.91. The standard InChI is InChI=1S/C19H15ClF3NO3S/c1-10-13-4-3-5-16(21)17(13)24-18(27-19(22)23)14(10)8-11-6-7-12(9-15(11)20)28(2,25)26/h3-7,9,19H,8H2,1-2H3. The quantitative estimate of drug-likeness (QED) is 0.577. The highest BCUT2D eigenvalue weighted by Gasteiger charge is 2.20. The number of rotatable bonds is 5. The number of hydrogen-bond acceptors (Lipinski definition) is 4. The van der Waals surface area contributed by atoms with Crippen LogP contribution < -0.4 is 4.74 Å². The minimum Gasteiger partial charge on any atom is -0.417 e. The van der Waals surface area contributed by atoms with Crippen LogP contribution in [0.3, 0.4) is 0 Å². The minimum absolute atomic E-state index is 0.0423. The number of halogens is 4. The van der Waals surface area contributed by atoms with Gasteiger partial charge in [-0.25, -0.2) is 17.8 Å². The van der Waals surface area contributed by atoms with Crippen molar-refractivity contribution in [3.05, 3.63) is 63.9 Å². The molecule has 0 aliphatic carbocycles. The summed E-state index contributed by atoms with van der Waals surface area (Å²) in [5, 5.41) is 0.616. The van der Waals surface area contributed by atoms with Gasteiger partial charge >= 0.3 is 6.61 Å². The van der Waals surface area contributed by atoms with Gasteiger partial charge in [0.2, 0.25) is 5.88 Å². The van der Waals surface area contributed by atoms with Crippen LogP contribution >= 0.6 is 11.6 Å². The summed E-state index contributed by atoms with van der Waals surface area (Å²) in [5.74, 6) is -1.05. The van der Waals surface area contributed by atoms with E-state index in [-0.39, 0.29) is 21.9 Å². The fraction of sp³-hybridized carbons (Fsp3) is 0.211. The van der Waals surface area contributed by atoms with Gasteiger partial charge < -0.3 is 4.74 Å². The molecule has 4 nitrogen and oxygen atoms in total. The Morgan fingerprint density at radius 1 is 1.21 bits per heavy atom. The Morgan fingerprint density at radius 2 is 1.93 bits per heavy atom. The lowest BCUT2D eigenvalue weighted by molar-refractivity contribution is -0.0532. The average Bonchev–Trinajstić information content (AvgIpc) is 2.59. The summed E-state index contributed by atoms with van der Waals surface area (Å²) in [7, 11) is -3.44. The number of benzene rings is 2. The van der Waals surface area contributed by atoms with Gasteiger partial charge in [-0.15, -0.1) is 0 Å². The summed E-state index contributed by atoms with van der Waals surface area (Å²) in [6.45, 7) is -1.49. The van der Waals surface area contributed by atoms with E-state index in [1.165, 1.54) is 30.3 Å². The van der Waals surface area contributed by atoms with E-state index in [4.69, 9.17) is 11.6 Å². The number of aromatic nitrogens is 1. The second-order valence-electron chi connectivity index (χ2n) is 6.24. The number of hydrogen-bond donors (Lipinski definition) is 0. The first kappa shape index (κ1) is 20.4. The van der Waals surface area contributed by atoms with Gasteiger partial charge in [-0.3, -0.25) is 0 Å². The molecule has 0 amide bonds. The van der Waals surface area contributed by atoms with Crippen molar-refractivity contribution in [1.29, 1.82) is 0 Å². The van der Waals surface area contributed by atoms with E-state index < -0.39 is 28.1 Å². The molecule has 0 saturated carbocycles. The number of alkyl halides is 2. The summed E-state index contributed by atoms with van der Waals surface area (Å²) < 4.78 is 67.7. The highest BCUT2D eigenvalue weighted by molar-refractivity contribution is 7.90. The molecule has 0 spiro atoms. The van der Waals surface area contributed by atoms with Gasteiger partial charge in [0.15, 0.2) is 9.84 Å². The number of para-hydroxylation sites is 1. The third kappa shape index (κ3) is 4.07. The summed E-state index contributed by atoms with van der Waals surface area (Å²) in [5.41, 5.74) is 1.25. The Labute approximate surface area is 164 Å². The maximum atomic E-state index is 14.1. The summed E-state index contributed by atoms with van der Waals surface area (Å²) in [4.78, 5) is 3.98. The molecule has 0 unspecified atom stereocenters. The van der Waals surface area contributed by atoms with Crippen LogP contribution in [-0.2, 0) is 16.3 Å². The van der Waals surface area contributed by atoms with Crippen LogP contribution in [0.5, 0.6) is 5.88 Å². The molecular weight excluding hydrogens is 415 g/mol. The zero-order chi connectivity index (χ0) is 20.6. The Hall–Kier alpha value is -2.32. The second kappa shape index (κ2) is 7.60. The molecule has 28 heavy (non-hydrogen) atoms. The van der Waals surface area contributed by atoms with E-state index in [1.807, 2.05) is 0 Å². The molecule has 0 N–H and O–H groups in total. The lowest BCUT2D eigenvalue weighted by Crippen LogP contribution is -2.09. The summed E-state index contributed by atoms with van der Waals surface area (Å²) >= 11 is 6.21. The first-order chi connectivity index (χ1) is 13.1. The monoisotopic (exact) mass is 429 g/mol. The second-order valence-corrected chi connectivity index (χ2v) is 8.66. The van der Waals surface area contributed by atoms with E-state index in [9.17, 15) is 21.6 Å². The topological polar surface area (TPSA) is 56.3 Å². The molecule has 148 valence electrons. The molecule has 0 atom stereocenters. The number of fused-ring (bicyclic) bond motifs is 1. The maximum Gasteiger partial charge on any atom is 0.388 e. The summed E-state index contributed by atoms with van der Waals surface area (Å²) in [6.07, 6.45) is 1.11. The van der Waals surface area contributed by atoms with Crippen molar-refractivity contribution in [2.45, 2.75) is 24.9 Å². The lowest BCUT2D eigenvalue weighted by Gasteiger charge is -2.16. The van der Waals surface area contributed by atoms with Crippen LogP contribution in [0.25, 0.3) is 10.9 Å². The summed E-state index contributed by atoms with van der Waals surface area (Å²) in [6, 6.07) is 8.49. The molecule has 0 aliphatic rings. The number of sulfone groups is 1. The van der Waals surface area contributed by atoms with Crippen molar-refractivity contribution in [2.24, 2.45) is 0 Å². The van der Waals surface area contributed by atoms with Crippen molar-refractivity contribution in [3.8, 4) is 5.88 Å². The molecule has 0 aliphatic heterocycles. The predicted octanol–water partition coefficient (Wildman–Crippen LogP) is 4.93. The van der Waals surface area contributed by atoms with Crippen molar-refractivity contribution >= 4 is 32.3 Å². The van der Waals surface area contributed by atoms with Crippen molar-refractivity contribution < 1.29 is 26.3 Å². The highest BCUT2D eigenvalue weighted by atomic mass is 35.5. The van der Waals surface area contributed by atoms with E-state index in [0.29, 0.717) is 22.1 Å². The molecule has 0 saturated heterocycles. The van der Waals surface area contributed by atoms with Crippen molar-refractivity contribution in [2.75, 3.05) is 6.26 Å². The molecular formula is C19H15ClF3NO3S. The SMILES string of the molecule is Cc1c(Cc2ccc(S(C)(=O)=O)cc2Cl)c(OC(F)F)nc2c(F)cccc12. The Bertz CT molecular complexity index is 1170. The Morgan fingerprint density at radius 3 is 2.54 bits per heavy atom. The van der Waals surface area contributed by atoms with E-state index >= 15 is 0 Å². The molecule has 0 radical (unpaired) electrons. The number of nitrogens with zero attached hydrogens (tertiary/aromatic N) is 1. The third-order valence-electron chi connectivity index (χ3n) is 4.34. The Kier molecular flexibility index (Phi) is 5.54. The molecule has 3 aromatic rings. The molecule has 3 rings (SSSR count). The molecule has 0 bridgehead atoms. The smallest absolute Gasteiger partial charge is 0.388 e. The Balaban J connectivity index is 2.15. The molecule has 2 aromatic carbocycles. The highest BCUT2D eigenvalue weighted by Crippen LogP contribution is 2.33. The fourth-order valence-corrected chi connectivity index (χ4v) is 3.87. The molecule has 1 aromatic heterocycles. The van der Waals surface area contributed by atoms with Crippen molar-refractivity contribution in [1.82, 2.24) is 4.98 Å². The molecule has 0 fully saturated rings. The van der Waals surface area contributed by atoms with Gasteiger partial charge in [-0.05, 0) is 36.2 Å². The number of pyridine rings is 1. The van der Waals surface area contributed by atoms with Gasteiger partial charge in [-0.2, -0.15) is 8.78 Å². The lowest BCUT2D eigenvalue weighted by atomic mass is 9.98. The van der Waals surface area contributed by atoms with Crippen LogP contribution in [0.4, 0.5) is 13.2 Å². The van der Waals surface area contributed by atoms with Crippen LogP contribution in [0.15, 0.2) is 41.3 Å². The zero-order valence-electron chi connectivity index (χ0n) is 14.8. The first-order valence-electron chi connectivity index (χ1n) is 8.09. The van der Waals surface area contributed by atoms with E-state index in [1.54, 1.807) is 13.0 Å². The largest absolute Gasteiger partial charge is 0.417 e. The van der Waals surface area contributed by atoms with Crippen LogP contribution in [0.2, 0.25) is 5.02 Å². The van der Waals surface area contributed by atoms with Crippen molar-refractivity contribution in [3.63, 3.8) is 0 Å². The van der Waals surface area contributed by atoms with Gasteiger partial charge in [0.1, 0.15) is 11.3 Å². The van der Waals surface area contributed by atoms with Crippen LogP contribution in [0.1, 0.15) is 16.7 Å². The minimum atomic E-state index is -3.44. The van der Waals surface area contributed by atoms with Crippen LogP contribution in [0, 0.1) is 12.7 Å². The number of ether oxygens (including phenoxy) is 1. The predicted molar refractivity (Wildman–Crippen MR) is 100 cm³/mol. The van der Waals surface area contributed by atoms with E-state index in [2.05, 4.69) is 9.72 Å².